The van der Waals surface area contributed by atoms with Crippen LogP contribution in [0.15, 0.2) is 50.6 Å². The van der Waals surface area contributed by atoms with Crippen molar-refractivity contribution in [2.75, 3.05) is 0 Å². The van der Waals surface area contributed by atoms with Gasteiger partial charge in [0, 0.05) is 0 Å². The van der Waals surface area contributed by atoms with E-state index < -0.39 is 29.5 Å². The Bertz CT molecular complexity index is 417. The van der Waals surface area contributed by atoms with Gasteiger partial charge in [-0.05, 0) is 24.3 Å². The zero-order valence-electron chi connectivity index (χ0n) is 11.3. The van der Waals surface area contributed by atoms with E-state index >= 15 is 0 Å². The zero-order valence-corrected chi connectivity index (χ0v) is 11.3. The molecule has 0 aliphatic carbocycles. The maximum atomic E-state index is 11.5. The molecular weight excluding hydrogens is 276 g/mol. The summed E-state index contributed by atoms with van der Waals surface area (Å²) in [7, 11) is 0. The van der Waals surface area contributed by atoms with E-state index in [2.05, 4.69) is 47.6 Å². The predicted molar refractivity (Wildman–Crippen MR) is 76.1 cm³/mol. The summed E-state index contributed by atoms with van der Waals surface area (Å²) in [4.78, 5) is 45.9. The van der Waals surface area contributed by atoms with Gasteiger partial charge in [0.25, 0.3) is 5.91 Å². The molecular formula is C13H16N4O4. The molecule has 0 aliphatic heterocycles. The lowest BCUT2D eigenvalue weighted by Crippen LogP contribution is -2.78. The van der Waals surface area contributed by atoms with E-state index in [0.717, 1.165) is 24.3 Å². The summed E-state index contributed by atoms with van der Waals surface area (Å²) in [6.07, 6.45) is 3.54. The standard InChI is InChI=1S/C13H16N4O4/c1-5-9(18)14-13(15-10(19)6-2,16-11(20)7-3)17-12(21)8-4/h5-8H,1-4H2,(H,14,18)(H,15,19)(H,16,20)(H,17,21). The normalized spacial score (nSPS) is 9.52. The van der Waals surface area contributed by atoms with Crippen LogP contribution in [-0.4, -0.2) is 29.5 Å². The van der Waals surface area contributed by atoms with E-state index in [9.17, 15) is 19.2 Å². The highest BCUT2D eigenvalue weighted by atomic mass is 16.2. The van der Waals surface area contributed by atoms with Gasteiger partial charge >= 0.3 is 0 Å². The second kappa shape index (κ2) is 8.10. The Kier molecular flexibility index (Phi) is 6.88. The van der Waals surface area contributed by atoms with Gasteiger partial charge in [-0.3, -0.25) is 40.4 Å². The first-order valence-electron chi connectivity index (χ1n) is 5.60. The summed E-state index contributed by atoms with van der Waals surface area (Å²) >= 11 is 0. The quantitative estimate of drug-likeness (QED) is 0.332. The van der Waals surface area contributed by atoms with Crippen LogP contribution in [-0.2, 0) is 19.2 Å². The van der Waals surface area contributed by atoms with Gasteiger partial charge in [0.15, 0.2) is 0 Å². The molecule has 0 atom stereocenters. The molecule has 112 valence electrons. The molecule has 0 heterocycles. The smallest absolute Gasteiger partial charge is 0.277 e. The molecule has 0 saturated heterocycles. The highest BCUT2D eigenvalue weighted by Gasteiger charge is 2.35. The van der Waals surface area contributed by atoms with Crippen LogP contribution in [0.2, 0.25) is 0 Å². The average Bonchev–Trinajstić information content (AvgIpc) is 2.46. The van der Waals surface area contributed by atoms with Crippen molar-refractivity contribution in [3.05, 3.63) is 50.6 Å². The van der Waals surface area contributed by atoms with Crippen molar-refractivity contribution in [3.63, 3.8) is 0 Å². The Morgan fingerprint density at radius 2 is 0.762 bits per heavy atom. The largest absolute Gasteiger partial charge is 0.294 e. The van der Waals surface area contributed by atoms with Crippen LogP contribution in [0.5, 0.6) is 0 Å². The van der Waals surface area contributed by atoms with Crippen molar-refractivity contribution in [2.24, 2.45) is 0 Å². The average molecular weight is 292 g/mol. The predicted octanol–water partition coefficient (Wildman–Crippen LogP) is -1.19. The van der Waals surface area contributed by atoms with Crippen molar-refractivity contribution >= 4 is 23.6 Å². The molecule has 0 rings (SSSR count). The van der Waals surface area contributed by atoms with Crippen LogP contribution in [0.3, 0.4) is 0 Å². The fourth-order valence-electron chi connectivity index (χ4n) is 1.13. The second-order valence-corrected chi connectivity index (χ2v) is 3.52. The lowest BCUT2D eigenvalue weighted by Gasteiger charge is -2.35. The number of hydrogen-bond acceptors (Lipinski definition) is 4. The number of carbonyl (C=O) groups excluding carboxylic acids is 4. The van der Waals surface area contributed by atoms with E-state index in [0.29, 0.717) is 0 Å². The van der Waals surface area contributed by atoms with Gasteiger partial charge in [-0.25, -0.2) is 0 Å². The summed E-state index contributed by atoms with van der Waals surface area (Å²) in [5, 5.41) is 8.72. The van der Waals surface area contributed by atoms with E-state index in [1.165, 1.54) is 0 Å². The Morgan fingerprint density at radius 3 is 0.905 bits per heavy atom. The van der Waals surface area contributed by atoms with Crippen LogP contribution in [0.4, 0.5) is 0 Å². The van der Waals surface area contributed by atoms with Gasteiger partial charge in [-0.1, -0.05) is 26.3 Å². The topological polar surface area (TPSA) is 116 Å². The number of amides is 4. The molecule has 0 unspecified atom stereocenters. The highest BCUT2D eigenvalue weighted by molar-refractivity contribution is 5.95. The maximum Gasteiger partial charge on any atom is 0.277 e. The summed E-state index contributed by atoms with van der Waals surface area (Å²) in [5.41, 5.74) is 0. The SMILES string of the molecule is C=CC(=O)NC(NC(=O)C=C)(NC(=O)C=C)NC(=O)C=C. The number of carbonyl (C=O) groups is 4. The molecule has 8 heteroatoms. The van der Waals surface area contributed by atoms with Crippen molar-refractivity contribution < 1.29 is 19.2 Å². The van der Waals surface area contributed by atoms with Crippen LogP contribution in [0, 0.1) is 0 Å². The fraction of sp³-hybridized carbons (Fsp3) is 0.0769. The minimum Gasteiger partial charge on any atom is -0.294 e. The molecule has 8 nitrogen and oxygen atoms in total. The molecule has 0 spiro atoms. The maximum absolute atomic E-state index is 11.5. The van der Waals surface area contributed by atoms with Gasteiger partial charge < -0.3 is 0 Å². The fourth-order valence-corrected chi connectivity index (χ4v) is 1.13. The number of hydrogen-bond donors (Lipinski definition) is 4. The molecule has 0 aromatic rings. The summed E-state index contributed by atoms with van der Waals surface area (Å²) in [6.45, 7) is 12.9. The van der Waals surface area contributed by atoms with Crippen LogP contribution in [0.25, 0.3) is 0 Å². The van der Waals surface area contributed by atoms with Gasteiger partial charge in [-0.2, -0.15) is 0 Å². The molecule has 0 aliphatic rings. The van der Waals surface area contributed by atoms with Gasteiger partial charge in [0.05, 0.1) is 0 Å². The van der Waals surface area contributed by atoms with Crippen molar-refractivity contribution in [1.82, 2.24) is 21.3 Å². The first kappa shape index (κ1) is 17.8. The first-order chi connectivity index (χ1) is 9.82. The lowest BCUT2D eigenvalue weighted by atomic mass is 10.4. The number of nitrogens with one attached hydrogen (secondary N) is 4. The third-order valence-corrected chi connectivity index (χ3v) is 1.98. The second-order valence-electron chi connectivity index (χ2n) is 3.52. The van der Waals surface area contributed by atoms with Crippen LogP contribution >= 0.6 is 0 Å². The monoisotopic (exact) mass is 292 g/mol. The molecule has 0 radical (unpaired) electrons. The van der Waals surface area contributed by atoms with Crippen LogP contribution < -0.4 is 21.3 Å². The lowest BCUT2D eigenvalue weighted by molar-refractivity contribution is -0.130. The molecule has 21 heavy (non-hydrogen) atoms. The first-order valence-corrected chi connectivity index (χ1v) is 5.60. The van der Waals surface area contributed by atoms with E-state index in [4.69, 9.17) is 0 Å². The Hall–Kier alpha value is -3.16. The molecule has 0 aromatic carbocycles. The van der Waals surface area contributed by atoms with Gasteiger partial charge in [0.2, 0.25) is 23.6 Å². The third kappa shape index (κ3) is 6.01. The third-order valence-electron chi connectivity index (χ3n) is 1.98. The zero-order chi connectivity index (χ0) is 16.5. The Morgan fingerprint density at radius 1 is 0.571 bits per heavy atom. The van der Waals surface area contributed by atoms with E-state index in [1.807, 2.05) is 0 Å². The minimum atomic E-state index is -2.09. The van der Waals surface area contributed by atoms with Crippen LogP contribution in [0.1, 0.15) is 0 Å². The minimum absolute atomic E-state index is 0.770. The molecule has 0 bridgehead atoms. The molecule has 0 fully saturated rings. The van der Waals surface area contributed by atoms with Crippen molar-refractivity contribution in [3.8, 4) is 0 Å². The summed E-state index contributed by atoms with van der Waals surface area (Å²) < 4.78 is 0. The molecule has 0 saturated carbocycles. The highest BCUT2D eigenvalue weighted by Crippen LogP contribution is 1.94. The molecule has 4 amide bonds. The number of rotatable bonds is 8. The van der Waals surface area contributed by atoms with Crippen molar-refractivity contribution in [1.29, 1.82) is 0 Å². The van der Waals surface area contributed by atoms with Gasteiger partial charge in [-0.15, -0.1) is 0 Å². The molecule has 4 N–H and O–H groups in total. The van der Waals surface area contributed by atoms with Gasteiger partial charge in [0.1, 0.15) is 0 Å². The summed E-state index contributed by atoms with van der Waals surface area (Å²) in [5.74, 6) is -5.17. The summed E-state index contributed by atoms with van der Waals surface area (Å²) in [6, 6.07) is 0. The Labute approximate surface area is 121 Å². The van der Waals surface area contributed by atoms with E-state index in [1.54, 1.807) is 0 Å². The Balaban J connectivity index is 5.63. The van der Waals surface area contributed by atoms with Crippen molar-refractivity contribution in [2.45, 2.75) is 5.91 Å². The van der Waals surface area contributed by atoms with E-state index in [-0.39, 0.29) is 0 Å². The molecule has 0 aromatic heterocycles.